The van der Waals surface area contributed by atoms with Gasteiger partial charge in [0, 0.05) is 62.8 Å². The zero-order valence-corrected chi connectivity index (χ0v) is 22.1. The van der Waals surface area contributed by atoms with Crippen molar-refractivity contribution < 1.29 is 19.1 Å². The summed E-state index contributed by atoms with van der Waals surface area (Å²) in [6.45, 7) is 5.05. The number of nitrogens with zero attached hydrogens (tertiary/aromatic N) is 6. The van der Waals surface area contributed by atoms with E-state index in [1.54, 1.807) is 6.07 Å². The van der Waals surface area contributed by atoms with Crippen LogP contribution >= 0.6 is 0 Å². The third-order valence-corrected chi connectivity index (χ3v) is 9.19. The van der Waals surface area contributed by atoms with Gasteiger partial charge in [0.1, 0.15) is 5.69 Å². The molecular formula is C27H34N8O4. The van der Waals surface area contributed by atoms with Crippen LogP contribution in [0.1, 0.15) is 46.8 Å². The number of likely N-dealkylation sites (tertiary alicyclic amines) is 3. The van der Waals surface area contributed by atoms with Gasteiger partial charge in [-0.25, -0.2) is 19.6 Å². The molecular weight excluding hydrogens is 500 g/mol. The van der Waals surface area contributed by atoms with Crippen molar-refractivity contribution in [2.45, 2.75) is 37.3 Å². The van der Waals surface area contributed by atoms with E-state index in [-0.39, 0.29) is 17.7 Å². The summed E-state index contributed by atoms with van der Waals surface area (Å²) in [7, 11) is 2.14. The topological polar surface area (TPSA) is 131 Å². The number of nitrogens with one attached hydrogen (secondary N) is 1. The van der Waals surface area contributed by atoms with Crippen LogP contribution in [0.5, 0.6) is 0 Å². The van der Waals surface area contributed by atoms with Gasteiger partial charge < -0.3 is 20.3 Å². The SMILES string of the molecule is CN1C[C@@H]2C[C@H]1CN2C(=O)N1CCC(c2[nH]nc3c2C(=O)c2c-3cccc2N(C(N)=O)N2CCOCC2)CC1. The predicted octanol–water partition coefficient (Wildman–Crippen LogP) is 1.44. The Hall–Kier alpha value is -3.48. The number of amides is 4. The maximum Gasteiger partial charge on any atom is 0.334 e. The van der Waals surface area contributed by atoms with Crippen LogP contribution in [-0.4, -0.2) is 119 Å². The quantitative estimate of drug-likeness (QED) is 0.520. The number of urea groups is 2. The smallest absolute Gasteiger partial charge is 0.334 e. The fraction of sp³-hybridized carbons (Fsp3) is 0.556. The first kappa shape index (κ1) is 24.6. The predicted molar refractivity (Wildman–Crippen MR) is 142 cm³/mol. The summed E-state index contributed by atoms with van der Waals surface area (Å²) in [5, 5.41) is 11.0. The highest BCUT2D eigenvalue weighted by atomic mass is 16.5. The number of H-pyrrole nitrogens is 1. The Balaban J connectivity index is 1.10. The third kappa shape index (κ3) is 3.84. The summed E-state index contributed by atoms with van der Waals surface area (Å²) < 4.78 is 5.44. The Labute approximate surface area is 226 Å². The highest BCUT2D eigenvalue weighted by Crippen LogP contribution is 2.44. The van der Waals surface area contributed by atoms with Gasteiger partial charge in [-0.2, -0.15) is 5.10 Å². The minimum Gasteiger partial charge on any atom is -0.379 e. The Kier molecular flexibility index (Phi) is 5.87. The zero-order valence-electron chi connectivity index (χ0n) is 22.1. The highest BCUT2D eigenvalue weighted by Gasteiger charge is 2.45. The normalized spacial score (nSPS) is 25.3. The first-order valence-corrected chi connectivity index (χ1v) is 13.9. The van der Waals surface area contributed by atoms with E-state index in [1.165, 1.54) is 5.01 Å². The van der Waals surface area contributed by atoms with E-state index in [9.17, 15) is 14.4 Å². The van der Waals surface area contributed by atoms with Gasteiger partial charge in [-0.3, -0.25) is 14.8 Å². The maximum atomic E-state index is 13.9. The van der Waals surface area contributed by atoms with Crippen molar-refractivity contribution >= 4 is 23.5 Å². The lowest BCUT2D eigenvalue weighted by molar-refractivity contribution is 0.0364. The molecule has 0 radical (unpaired) electrons. The van der Waals surface area contributed by atoms with Crippen LogP contribution in [0.15, 0.2) is 18.2 Å². The lowest BCUT2D eigenvalue weighted by Crippen LogP contribution is -2.54. The van der Waals surface area contributed by atoms with Crippen molar-refractivity contribution in [3.8, 4) is 11.3 Å². The number of hydrazine groups is 1. The number of primary amides is 1. The molecule has 12 nitrogen and oxygen atoms in total. The molecule has 5 heterocycles. The number of piperazine rings is 1. The molecule has 4 saturated heterocycles. The number of fused-ring (bicyclic) bond motifs is 5. The molecule has 4 amide bonds. The highest BCUT2D eigenvalue weighted by molar-refractivity contribution is 6.25. The summed E-state index contributed by atoms with van der Waals surface area (Å²) in [6.07, 6.45) is 2.60. The Bertz CT molecular complexity index is 1330. The van der Waals surface area contributed by atoms with Gasteiger partial charge >= 0.3 is 12.1 Å². The van der Waals surface area contributed by atoms with Gasteiger partial charge in [-0.1, -0.05) is 12.1 Å². The van der Waals surface area contributed by atoms with Gasteiger partial charge in [-0.05, 0) is 32.4 Å². The van der Waals surface area contributed by atoms with Crippen molar-refractivity contribution in [1.82, 2.24) is 29.9 Å². The first-order chi connectivity index (χ1) is 18.9. The van der Waals surface area contributed by atoms with Crippen LogP contribution in [0.3, 0.4) is 0 Å². The molecule has 0 saturated carbocycles. The number of rotatable bonds is 3. The number of ether oxygens (including phenoxy) is 1. The molecule has 7 rings (SSSR count). The van der Waals surface area contributed by atoms with Crippen molar-refractivity contribution in [3.05, 3.63) is 35.0 Å². The van der Waals surface area contributed by atoms with Gasteiger partial charge in [0.15, 0.2) is 5.78 Å². The van der Waals surface area contributed by atoms with E-state index in [0.29, 0.717) is 79.5 Å². The largest absolute Gasteiger partial charge is 0.379 e. The molecule has 3 N–H and O–H groups in total. The van der Waals surface area contributed by atoms with Gasteiger partial charge in [0.2, 0.25) is 0 Å². The Morgan fingerprint density at radius 2 is 1.85 bits per heavy atom. The number of hydrogen-bond donors (Lipinski definition) is 2. The van der Waals surface area contributed by atoms with Crippen LogP contribution in [0, 0.1) is 0 Å². The van der Waals surface area contributed by atoms with Gasteiger partial charge in [0.25, 0.3) is 0 Å². The number of anilines is 1. The number of aromatic amines is 1. The van der Waals surface area contributed by atoms with E-state index in [4.69, 9.17) is 10.5 Å². The molecule has 12 heteroatoms. The molecule has 206 valence electrons. The number of morpholine rings is 1. The number of ketones is 1. The second-order valence-electron chi connectivity index (χ2n) is 11.3. The van der Waals surface area contributed by atoms with Crippen LogP contribution in [0.4, 0.5) is 15.3 Å². The molecule has 1 aromatic heterocycles. The summed E-state index contributed by atoms with van der Waals surface area (Å²) >= 11 is 0. The maximum absolute atomic E-state index is 13.9. The summed E-state index contributed by atoms with van der Waals surface area (Å²) in [5.41, 5.74) is 9.46. The summed E-state index contributed by atoms with van der Waals surface area (Å²) in [4.78, 5) is 46.1. The van der Waals surface area contributed by atoms with Gasteiger partial charge in [-0.15, -0.1) is 0 Å². The Morgan fingerprint density at radius 3 is 2.51 bits per heavy atom. The van der Waals surface area contributed by atoms with Crippen molar-refractivity contribution in [1.29, 1.82) is 0 Å². The molecule has 5 aliphatic rings. The lowest BCUT2D eigenvalue weighted by atomic mass is 9.90. The minimum atomic E-state index is -0.640. The average molecular weight is 535 g/mol. The van der Waals surface area contributed by atoms with E-state index in [1.807, 2.05) is 22.0 Å². The average Bonchev–Trinajstić information content (AvgIpc) is 3.71. The summed E-state index contributed by atoms with van der Waals surface area (Å²) in [5.74, 6) is -0.0470. The van der Waals surface area contributed by atoms with Crippen LogP contribution in [0.25, 0.3) is 11.3 Å². The van der Waals surface area contributed by atoms with Crippen LogP contribution in [-0.2, 0) is 4.74 Å². The molecule has 0 spiro atoms. The standard InChI is InChI=1S/C27H34N8O4/c1-31-14-18-13-17(31)15-34(18)27(38)32-7-5-16(6-8-32)23-22-24(30-29-23)19-3-2-4-20(21(19)25(22)36)35(26(28)37)33-9-11-39-12-10-33/h2-4,16-18H,5-15H2,1H3,(H2,28,37)(H,29,30)/t17-,18-/m0/s1. The van der Waals surface area contributed by atoms with Gasteiger partial charge in [0.05, 0.1) is 35.7 Å². The minimum absolute atomic E-state index is 0.0969. The molecule has 2 aromatic rings. The number of aromatic nitrogens is 2. The van der Waals surface area contributed by atoms with E-state index < -0.39 is 6.03 Å². The number of hydrogen-bond acceptors (Lipinski definition) is 7. The molecule has 39 heavy (non-hydrogen) atoms. The fourth-order valence-corrected chi connectivity index (χ4v) is 7.16. The number of carbonyl (C=O) groups excluding carboxylic acids is 3. The number of likely N-dealkylation sites (N-methyl/N-ethyl adjacent to an activating group) is 1. The van der Waals surface area contributed by atoms with Crippen molar-refractivity contribution in [2.24, 2.45) is 5.73 Å². The number of nitrogens with two attached hydrogens (primary N) is 1. The number of benzene rings is 1. The molecule has 2 bridgehead atoms. The van der Waals surface area contributed by atoms with E-state index >= 15 is 0 Å². The van der Waals surface area contributed by atoms with E-state index in [2.05, 4.69) is 27.0 Å². The van der Waals surface area contributed by atoms with Crippen molar-refractivity contribution in [2.75, 3.05) is 64.5 Å². The molecule has 2 atom stereocenters. The molecule has 1 aliphatic carbocycles. The molecule has 1 aromatic carbocycles. The second-order valence-corrected chi connectivity index (χ2v) is 11.3. The molecule has 4 fully saturated rings. The molecule has 4 aliphatic heterocycles. The number of piperidine rings is 1. The fourth-order valence-electron chi connectivity index (χ4n) is 7.16. The first-order valence-electron chi connectivity index (χ1n) is 13.9. The molecule has 0 unspecified atom stereocenters. The monoisotopic (exact) mass is 534 g/mol. The summed E-state index contributed by atoms with van der Waals surface area (Å²) in [6, 6.07) is 5.77. The zero-order chi connectivity index (χ0) is 26.8. The lowest BCUT2D eigenvalue weighted by Gasteiger charge is -2.38. The van der Waals surface area contributed by atoms with E-state index in [0.717, 1.165) is 38.0 Å². The third-order valence-electron chi connectivity index (χ3n) is 9.19. The van der Waals surface area contributed by atoms with Crippen LogP contribution < -0.4 is 10.7 Å². The van der Waals surface area contributed by atoms with Crippen molar-refractivity contribution in [3.63, 3.8) is 0 Å². The second kappa shape index (κ2) is 9.32. The Morgan fingerprint density at radius 1 is 1.08 bits per heavy atom. The number of carbonyl (C=O) groups is 3. The van der Waals surface area contributed by atoms with Crippen LogP contribution in [0.2, 0.25) is 0 Å².